The van der Waals surface area contributed by atoms with Gasteiger partial charge in [0.1, 0.15) is 12.6 Å². The minimum atomic E-state index is -4.28. The number of nitrogens with one attached hydrogen (secondary N) is 1. The van der Waals surface area contributed by atoms with Gasteiger partial charge in [-0.25, -0.2) is 8.42 Å². The normalized spacial score (nSPS) is 12.7. The van der Waals surface area contributed by atoms with E-state index >= 15 is 0 Å². The molecule has 0 heterocycles. The van der Waals surface area contributed by atoms with Gasteiger partial charge in [0.15, 0.2) is 11.5 Å². The van der Waals surface area contributed by atoms with Crippen LogP contribution in [0.3, 0.4) is 0 Å². The Hall–Kier alpha value is -3.57. The molecule has 11 heteroatoms. The Kier molecular flexibility index (Phi) is 11.6. The first-order valence-corrected chi connectivity index (χ1v) is 16.2. The number of halogens is 1. The smallest absolute Gasteiger partial charge is 0.264 e. The van der Waals surface area contributed by atoms with Crippen LogP contribution in [0, 0.1) is 13.8 Å². The van der Waals surface area contributed by atoms with Gasteiger partial charge < -0.3 is 19.7 Å². The number of rotatable bonds is 13. The van der Waals surface area contributed by atoms with Crippen LogP contribution in [0.1, 0.15) is 43.9 Å². The molecule has 3 aromatic rings. The highest BCUT2D eigenvalue weighted by Crippen LogP contribution is 2.33. The lowest BCUT2D eigenvalue weighted by Crippen LogP contribution is -2.52. The summed E-state index contributed by atoms with van der Waals surface area (Å²) in [7, 11) is -1.40. The number of methoxy groups -OCH3 is 2. The predicted octanol–water partition coefficient (Wildman–Crippen LogP) is 5.61. The van der Waals surface area contributed by atoms with Crippen molar-refractivity contribution in [2.24, 2.45) is 0 Å². The molecule has 0 aliphatic heterocycles. The largest absolute Gasteiger partial charge is 0.493 e. The molecule has 3 aromatic carbocycles. The maximum absolute atomic E-state index is 14.2. The maximum Gasteiger partial charge on any atom is 0.264 e. The van der Waals surface area contributed by atoms with Crippen molar-refractivity contribution in [3.8, 4) is 11.5 Å². The van der Waals surface area contributed by atoms with Gasteiger partial charge in [-0.3, -0.25) is 13.9 Å². The summed E-state index contributed by atoms with van der Waals surface area (Å²) in [6.45, 7) is 8.79. The predicted molar refractivity (Wildman–Crippen MR) is 172 cm³/mol. The van der Waals surface area contributed by atoms with Crippen LogP contribution in [0.15, 0.2) is 70.0 Å². The third-order valence-electron chi connectivity index (χ3n) is 7.13. The minimum Gasteiger partial charge on any atom is -0.493 e. The molecule has 2 atom stereocenters. The van der Waals surface area contributed by atoms with Gasteiger partial charge in [-0.1, -0.05) is 41.1 Å². The van der Waals surface area contributed by atoms with Crippen LogP contribution < -0.4 is 19.1 Å². The topological polar surface area (TPSA) is 105 Å². The second-order valence-electron chi connectivity index (χ2n) is 10.5. The summed E-state index contributed by atoms with van der Waals surface area (Å²) in [6, 6.07) is 16.1. The lowest BCUT2D eigenvalue weighted by atomic mass is 10.1. The number of nitrogens with zero attached hydrogens (tertiary/aromatic N) is 2. The zero-order chi connectivity index (χ0) is 31.9. The van der Waals surface area contributed by atoms with Crippen molar-refractivity contribution in [2.75, 3.05) is 25.1 Å². The van der Waals surface area contributed by atoms with Gasteiger partial charge in [-0.2, -0.15) is 0 Å². The lowest BCUT2D eigenvalue weighted by molar-refractivity contribution is -0.139. The highest BCUT2D eigenvalue weighted by Gasteiger charge is 2.33. The number of carbonyl (C=O) groups excluding carboxylic acids is 2. The van der Waals surface area contributed by atoms with E-state index in [0.29, 0.717) is 11.4 Å². The first-order valence-electron chi connectivity index (χ1n) is 14.0. The third-order valence-corrected chi connectivity index (χ3v) is 9.39. The Balaban J connectivity index is 2.11. The summed E-state index contributed by atoms with van der Waals surface area (Å²) in [5, 5.41) is 2.94. The molecule has 0 saturated heterocycles. The van der Waals surface area contributed by atoms with E-state index < -0.39 is 28.5 Å². The molecule has 0 aliphatic rings. The molecule has 0 radical (unpaired) electrons. The molecule has 0 unspecified atom stereocenters. The summed E-state index contributed by atoms with van der Waals surface area (Å²) >= 11 is 3.47. The lowest BCUT2D eigenvalue weighted by Gasteiger charge is -2.32. The average Bonchev–Trinajstić information content (AvgIpc) is 2.96. The van der Waals surface area contributed by atoms with Crippen LogP contribution in [-0.4, -0.2) is 58.0 Å². The maximum atomic E-state index is 14.2. The van der Waals surface area contributed by atoms with Crippen molar-refractivity contribution in [3.05, 3.63) is 81.8 Å². The molecule has 0 bridgehead atoms. The summed E-state index contributed by atoms with van der Waals surface area (Å²) in [6.07, 6.45) is 0.724. The van der Waals surface area contributed by atoms with Crippen molar-refractivity contribution >= 4 is 43.5 Å². The Bertz CT molecular complexity index is 1540. The van der Waals surface area contributed by atoms with Gasteiger partial charge >= 0.3 is 0 Å². The quantitative estimate of drug-likeness (QED) is 0.253. The first-order chi connectivity index (χ1) is 20.3. The van der Waals surface area contributed by atoms with Gasteiger partial charge in [0, 0.05) is 23.1 Å². The molecule has 0 aromatic heterocycles. The number of hydrogen-bond donors (Lipinski definition) is 1. The Morgan fingerprint density at radius 1 is 0.930 bits per heavy atom. The molecule has 0 fully saturated rings. The van der Waals surface area contributed by atoms with Crippen LogP contribution in [-0.2, 0) is 26.2 Å². The van der Waals surface area contributed by atoms with Crippen LogP contribution in [0.4, 0.5) is 5.69 Å². The number of benzene rings is 3. The molecule has 232 valence electrons. The number of aryl methyl sites for hydroxylation is 2. The molecule has 9 nitrogen and oxygen atoms in total. The highest BCUT2D eigenvalue weighted by atomic mass is 79.9. The zero-order valence-corrected chi connectivity index (χ0v) is 28.1. The molecule has 43 heavy (non-hydrogen) atoms. The van der Waals surface area contributed by atoms with E-state index in [4.69, 9.17) is 9.47 Å². The van der Waals surface area contributed by atoms with E-state index in [1.807, 2.05) is 58.0 Å². The monoisotopic (exact) mass is 673 g/mol. The Morgan fingerprint density at radius 3 is 2.16 bits per heavy atom. The fraction of sp³-hybridized carbons (Fsp3) is 0.375. The molecule has 1 N–H and O–H groups in total. The number of amides is 2. The zero-order valence-electron chi connectivity index (χ0n) is 25.7. The minimum absolute atomic E-state index is 0.0711. The first kappa shape index (κ1) is 33.9. The van der Waals surface area contributed by atoms with E-state index in [9.17, 15) is 18.0 Å². The molecule has 2 amide bonds. The number of sulfonamides is 1. The van der Waals surface area contributed by atoms with Crippen LogP contribution in [0.5, 0.6) is 11.5 Å². The van der Waals surface area contributed by atoms with E-state index in [0.717, 1.165) is 31.9 Å². The van der Waals surface area contributed by atoms with E-state index in [2.05, 4.69) is 21.2 Å². The van der Waals surface area contributed by atoms with Crippen LogP contribution >= 0.6 is 15.9 Å². The number of hydrogen-bond acceptors (Lipinski definition) is 6. The summed E-state index contributed by atoms with van der Waals surface area (Å²) < 4.78 is 41.0. The van der Waals surface area contributed by atoms with Crippen molar-refractivity contribution in [2.45, 2.75) is 64.6 Å². The number of carbonyl (C=O) groups is 2. The van der Waals surface area contributed by atoms with E-state index in [1.54, 1.807) is 19.1 Å². The highest BCUT2D eigenvalue weighted by molar-refractivity contribution is 9.10. The Labute approximate surface area is 263 Å². The molecule has 0 aliphatic carbocycles. The summed E-state index contributed by atoms with van der Waals surface area (Å²) in [5.41, 5.74) is 2.79. The van der Waals surface area contributed by atoms with Gasteiger partial charge in [0.05, 0.1) is 24.8 Å². The van der Waals surface area contributed by atoms with Gasteiger partial charge in [0.2, 0.25) is 11.8 Å². The van der Waals surface area contributed by atoms with Crippen LogP contribution in [0.25, 0.3) is 0 Å². The standard InChI is InChI=1S/C32H40BrN3O6S/c1-8-23(4)34-32(38)24(5)35(19-25-10-9-11-26(33)17-25)31(37)20-36(27-15-21(2)14-22(3)16-27)43(39,40)28-12-13-29(41-6)30(18-28)42-7/h9-18,23-24H,8,19-20H2,1-7H3,(H,34,38)/t23-,24+/m0/s1. The SMILES string of the molecule is CC[C@H](C)NC(=O)[C@@H](C)N(Cc1cccc(Br)c1)C(=O)CN(c1cc(C)cc(C)c1)S(=O)(=O)c1ccc(OC)c(OC)c1. The number of ether oxygens (including phenoxy) is 2. The second kappa shape index (κ2) is 14.7. The average molecular weight is 675 g/mol. The summed E-state index contributed by atoms with van der Waals surface area (Å²) in [5.74, 6) is -0.243. The molecule has 0 saturated carbocycles. The molecular weight excluding hydrogens is 634 g/mol. The fourth-order valence-electron chi connectivity index (χ4n) is 4.61. The second-order valence-corrected chi connectivity index (χ2v) is 13.3. The van der Waals surface area contributed by atoms with Gasteiger partial charge in [0.25, 0.3) is 10.0 Å². The van der Waals surface area contributed by atoms with Crippen molar-refractivity contribution in [1.29, 1.82) is 0 Å². The molecular formula is C32H40BrN3O6S. The third kappa shape index (κ3) is 8.51. The van der Waals surface area contributed by atoms with Crippen molar-refractivity contribution in [3.63, 3.8) is 0 Å². The van der Waals surface area contributed by atoms with Gasteiger partial charge in [-0.15, -0.1) is 0 Å². The molecule has 0 spiro atoms. The van der Waals surface area contributed by atoms with Gasteiger partial charge in [-0.05, 0) is 87.2 Å². The summed E-state index contributed by atoms with van der Waals surface area (Å²) in [4.78, 5) is 28.8. The van der Waals surface area contributed by atoms with Crippen molar-refractivity contribution in [1.82, 2.24) is 10.2 Å². The molecule has 3 rings (SSSR count). The Morgan fingerprint density at radius 2 is 1.58 bits per heavy atom. The fourth-order valence-corrected chi connectivity index (χ4v) is 6.47. The van der Waals surface area contributed by atoms with E-state index in [1.165, 1.54) is 37.3 Å². The van der Waals surface area contributed by atoms with Crippen LogP contribution in [0.2, 0.25) is 0 Å². The van der Waals surface area contributed by atoms with Crippen molar-refractivity contribution < 1.29 is 27.5 Å². The number of anilines is 1. The van der Waals surface area contributed by atoms with E-state index in [-0.39, 0.29) is 29.1 Å².